The summed E-state index contributed by atoms with van der Waals surface area (Å²) in [6.07, 6.45) is 3.38. The normalized spacial score (nSPS) is 25.9. The molecule has 0 radical (unpaired) electrons. The number of hydrogen-bond acceptors (Lipinski definition) is 11. The third-order valence-electron chi connectivity index (χ3n) is 11.5. The fourth-order valence-electron chi connectivity index (χ4n) is 8.04. The SMILES string of the molecule is COc1ccc2c(O[C@@H]3C[C@H]4C(=O)C[C@]5(C(=O)NS(=O)(=O)C6CC6)C[C@H]5/C=C\CCCCC[C@H](NC(=O)c5ccn(C)n5)C(=O)N4C3)cc(OCC(F)(F)F)nc2c1C. The van der Waals surface area contributed by atoms with Crippen molar-refractivity contribution >= 4 is 44.4 Å². The van der Waals surface area contributed by atoms with Crippen molar-refractivity contribution in [2.75, 3.05) is 20.3 Å². The number of nitrogens with zero attached hydrogens (tertiary/aromatic N) is 4. The fraction of sp³-hybridized carbons (Fsp3) is 0.550. The molecule has 2 aliphatic carbocycles. The minimum atomic E-state index is -4.66. The highest BCUT2D eigenvalue weighted by Crippen LogP contribution is 2.57. The van der Waals surface area contributed by atoms with Crippen LogP contribution >= 0.6 is 0 Å². The minimum Gasteiger partial charge on any atom is -0.496 e. The van der Waals surface area contributed by atoms with E-state index in [-0.39, 0.29) is 55.1 Å². The molecule has 0 bridgehead atoms. The number of ether oxygens (including phenoxy) is 3. The number of aryl methyl sites for hydroxylation is 2. The first-order valence-corrected chi connectivity index (χ1v) is 21.2. The number of rotatable bonds is 10. The maximum atomic E-state index is 14.7. The molecule has 2 saturated carbocycles. The number of halogens is 3. The number of carbonyl (C=O) groups is 4. The van der Waals surface area contributed by atoms with Gasteiger partial charge >= 0.3 is 6.18 Å². The molecule has 1 aromatic carbocycles. The number of amides is 3. The van der Waals surface area contributed by atoms with Gasteiger partial charge in [-0.25, -0.2) is 13.4 Å². The molecular weight excluding hydrogens is 798 g/mol. The molecule has 4 heterocycles. The van der Waals surface area contributed by atoms with Crippen LogP contribution in [-0.2, 0) is 31.5 Å². The molecule has 4 aliphatic rings. The van der Waals surface area contributed by atoms with E-state index in [1.165, 1.54) is 28.8 Å². The summed E-state index contributed by atoms with van der Waals surface area (Å²) in [4.78, 5) is 62.1. The molecule has 59 heavy (non-hydrogen) atoms. The van der Waals surface area contributed by atoms with Gasteiger partial charge in [0.2, 0.25) is 27.7 Å². The van der Waals surface area contributed by atoms with E-state index in [9.17, 15) is 40.8 Å². The second-order valence-corrected chi connectivity index (χ2v) is 17.8. The van der Waals surface area contributed by atoms with E-state index in [4.69, 9.17) is 14.2 Å². The molecular formula is C40H47F3N6O9S. The average molecular weight is 845 g/mol. The van der Waals surface area contributed by atoms with Gasteiger partial charge in [-0.15, -0.1) is 0 Å². The van der Waals surface area contributed by atoms with Crippen LogP contribution in [0.1, 0.15) is 80.3 Å². The summed E-state index contributed by atoms with van der Waals surface area (Å²) in [5.41, 5.74) is -0.522. The Bertz CT molecular complexity index is 2280. The van der Waals surface area contributed by atoms with Gasteiger partial charge in [-0.1, -0.05) is 25.0 Å². The number of fused-ring (bicyclic) bond motifs is 3. The first kappa shape index (κ1) is 41.9. The van der Waals surface area contributed by atoms with Crippen LogP contribution in [0.3, 0.4) is 0 Å². The number of hydrogen-bond donors (Lipinski definition) is 2. The van der Waals surface area contributed by atoms with E-state index in [2.05, 4.69) is 20.1 Å². The third-order valence-corrected chi connectivity index (χ3v) is 13.3. The topological polar surface area (TPSA) is 188 Å². The van der Waals surface area contributed by atoms with Gasteiger partial charge in [0.15, 0.2) is 12.4 Å². The second kappa shape index (κ2) is 16.5. The molecule has 3 amide bonds. The van der Waals surface area contributed by atoms with E-state index in [0.717, 1.165) is 6.42 Å². The molecule has 2 N–H and O–H groups in total. The summed E-state index contributed by atoms with van der Waals surface area (Å²) in [7, 11) is -0.847. The Kier molecular flexibility index (Phi) is 11.7. The Morgan fingerprint density at radius 1 is 1.07 bits per heavy atom. The van der Waals surface area contributed by atoms with Gasteiger partial charge < -0.3 is 24.4 Å². The third kappa shape index (κ3) is 9.34. The van der Waals surface area contributed by atoms with Gasteiger partial charge in [-0.05, 0) is 69.6 Å². The highest BCUT2D eigenvalue weighted by atomic mass is 32.2. The zero-order chi connectivity index (χ0) is 42.3. The van der Waals surface area contributed by atoms with Crippen molar-refractivity contribution < 1.29 is 55.0 Å². The molecule has 15 nitrogen and oxygen atoms in total. The zero-order valence-corrected chi connectivity index (χ0v) is 33.7. The Balaban J connectivity index is 1.23. The largest absolute Gasteiger partial charge is 0.496 e. The van der Waals surface area contributed by atoms with Crippen LogP contribution in [-0.4, -0.2) is 101 Å². The summed E-state index contributed by atoms with van der Waals surface area (Å²) < 4.78 is 86.1. The number of ketones is 1. The molecule has 7 rings (SSSR count). The number of allylic oxidation sites excluding steroid dienone is 2. The smallest absolute Gasteiger partial charge is 0.422 e. The average Bonchev–Trinajstić information content (AvgIpc) is 4.07. The Labute approximate surface area is 339 Å². The number of alkyl halides is 3. The Hall–Kier alpha value is -5.20. The highest BCUT2D eigenvalue weighted by molar-refractivity contribution is 7.90. The van der Waals surface area contributed by atoms with Crippen LogP contribution in [0.25, 0.3) is 10.9 Å². The van der Waals surface area contributed by atoms with Crippen molar-refractivity contribution in [3.63, 3.8) is 0 Å². The number of nitrogens with one attached hydrogen (secondary N) is 2. The van der Waals surface area contributed by atoms with E-state index < -0.39 is 81.1 Å². The number of methoxy groups -OCH3 is 1. The van der Waals surface area contributed by atoms with Gasteiger partial charge in [0, 0.05) is 43.1 Å². The molecule has 3 aromatic rings. The van der Waals surface area contributed by atoms with Crippen LogP contribution in [0.4, 0.5) is 13.2 Å². The van der Waals surface area contributed by atoms with Crippen molar-refractivity contribution in [3.8, 4) is 17.4 Å². The molecule has 0 unspecified atom stereocenters. The molecule has 318 valence electrons. The highest BCUT2D eigenvalue weighted by Gasteiger charge is 2.61. The first-order chi connectivity index (χ1) is 28.0. The maximum Gasteiger partial charge on any atom is 0.422 e. The fourth-order valence-corrected chi connectivity index (χ4v) is 9.43. The molecule has 1 saturated heterocycles. The summed E-state index contributed by atoms with van der Waals surface area (Å²) in [6.45, 7) is -0.104. The number of Topliss-reactive ketones (excluding diaryl/α,β-unsaturated/α-hetero) is 1. The van der Waals surface area contributed by atoms with Gasteiger partial charge in [0.25, 0.3) is 5.91 Å². The van der Waals surface area contributed by atoms with Crippen molar-refractivity contribution in [2.45, 2.75) is 101 Å². The standard InChI is InChI=1S/C40H47F3N6O9S/c1-23-32(56-3)14-13-27-33(18-34(45-35(23)27)57-22-40(41,42)43)58-25-17-30-31(50)20-39(38(53)47-59(54,55)26-11-12-26)19-24(39)9-7-5-4-6-8-10-29(37(52)49(30)21-25)44-36(51)28-15-16-48(2)46-28/h7,9,13-16,18,24-26,29-30H,4-6,8,10-12,17,19-22H2,1-3H3,(H,44,51)(H,47,53)/b9-7-/t24-,25-,29+,30+,39-/m1/s1. The van der Waals surface area contributed by atoms with Gasteiger partial charge in [-0.3, -0.25) is 28.6 Å². The van der Waals surface area contributed by atoms with Crippen LogP contribution in [0.15, 0.2) is 42.6 Å². The van der Waals surface area contributed by atoms with Crippen LogP contribution < -0.4 is 24.2 Å². The Morgan fingerprint density at radius 3 is 2.54 bits per heavy atom. The number of sulfonamides is 1. The lowest BCUT2D eigenvalue weighted by Crippen LogP contribution is -2.52. The predicted molar refractivity (Wildman–Crippen MR) is 206 cm³/mol. The lowest BCUT2D eigenvalue weighted by atomic mass is 9.91. The Morgan fingerprint density at radius 2 is 1.85 bits per heavy atom. The summed E-state index contributed by atoms with van der Waals surface area (Å²) >= 11 is 0. The number of pyridine rings is 1. The molecule has 5 atom stereocenters. The maximum absolute atomic E-state index is 14.7. The number of benzene rings is 1. The van der Waals surface area contributed by atoms with Crippen molar-refractivity contribution in [3.05, 3.63) is 53.9 Å². The van der Waals surface area contributed by atoms with E-state index in [1.807, 2.05) is 12.2 Å². The number of aromatic nitrogens is 3. The van der Waals surface area contributed by atoms with Crippen LogP contribution in [0.5, 0.6) is 17.4 Å². The molecule has 0 spiro atoms. The molecule has 2 aromatic heterocycles. The zero-order valence-electron chi connectivity index (χ0n) is 32.9. The van der Waals surface area contributed by atoms with Crippen molar-refractivity contribution in [1.29, 1.82) is 0 Å². The van der Waals surface area contributed by atoms with E-state index in [0.29, 0.717) is 48.8 Å². The summed E-state index contributed by atoms with van der Waals surface area (Å²) in [6, 6.07) is 3.76. The van der Waals surface area contributed by atoms with Crippen molar-refractivity contribution in [1.82, 2.24) is 29.7 Å². The summed E-state index contributed by atoms with van der Waals surface area (Å²) in [5, 5.41) is 6.71. The first-order valence-electron chi connectivity index (χ1n) is 19.7. The second-order valence-electron chi connectivity index (χ2n) is 15.9. The van der Waals surface area contributed by atoms with E-state index >= 15 is 0 Å². The van der Waals surface area contributed by atoms with Crippen molar-refractivity contribution in [2.24, 2.45) is 18.4 Å². The minimum absolute atomic E-state index is 0.0816. The number of carbonyl (C=O) groups excluding carboxylic acids is 4. The molecule has 19 heteroatoms. The van der Waals surface area contributed by atoms with Gasteiger partial charge in [-0.2, -0.15) is 18.3 Å². The quantitative estimate of drug-likeness (QED) is 0.274. The monoisotopic (exact) mass is 844 g/mol. The molecule has 2 aliphatic heterocycles. The predicted octanol–water partition coefficient (Wildman–Crippen LogP) is 4.47. The van der Waals surface area contributed by atoms with E-state index in [1.54, 1.807) is 32.3 Å². The lowest BCUT2D eigenvalue weighted by molar-refractivity contribution is -0.154. The van der Waals surface area contributed by atoms with Crippen LogP contribution in [0, 0.1) is 18.3 Å². The van der Waals surface area contributed by atoms with Gasteiger partial charge in [0.05, 0.1) is 35.9 Å². The molecule has 3 fully saturated rings. The van der Waals surface area contributed by atoms with Crippen LogP contribution in [0.2, 0.25) is 0 Å². The summed E-state index contributed by atoms with van der Waals surface area (Å²) in [5.74, 6) is -2.70. The lowest BCUT2D eigenvalue weighted by Gasteiger charge is -2.29. The van der Waals surface area contributed by atoms with Gasteiger partial charge in [0.1, 0.15) is 29.3 Å².